The summed E-state index contributed by atoms with van der Waals surface area (Å²) in [6.45, 7) is 6.18. The van der Waals surface area contributed by atoms with E-state index in [0.717, 1.165) is 27.8 Å². The Bertz CT molecular complexity index is 1000. The fourth-order valence-corrected chi connectivity index (χ4v) is 3.32. The normalized spacial score (nSPS) is 11.6. The number of nitrogens with two attached hydrogens (primary N) is 1. The van der Waals surface area contributed by atoms with Gasteiger partial charge in [0, 0.05) is 5.39 Å². The lowest BCUT2D eigenvalue weighted by atomic mass is 10.1. The highest BCUT2D eigenvalue weighted by atomic mass is 16.3. The standard InChI is InChI=1S/C19H18N2O/c1-11-7-6-8-12(2)17(11)21-15-10-5-4-9-14(15)19-18(21)16(20)13(3)22-19/h4-10H,20H2,1-3H3. The van der Waals surface area contributed by atoms with Crippen molar-refractivity contribution in [3.8, 4) is 5.69 Å². The van der Waals surface area contributed by atoms with E-state index in [1.54, 1.807) is 0 Å². The van der Waals surface area contributed by atoms with E-state index in [2.05, 4.69) is 48.7 Å². The highest BCUT2D eigenvalue weighted by Gasteiger charge is 2.21. The first-order valence-corrected chi connectivity index (χ1v) is 7.44. The van der Waals surface area contributed by atoms with Crippen LogP contribution in [0, 0.1) is 20.8 Å². The number of aromatic nitrogens is 1. The van der Waals surface area contributed by atoms with E-state index >= 15 is 0 Å². The first kappa shape index (κ1) is 13.0. The van der Waals surface area contributed by atoms with Gasteiger partial charge < -0.3 is 14.7 Å². The van der Waals surface area contributed by atoms with Crippen molar-refractivity contribution >= 4 is 27.7 Å². The van der Waals surface area contributed by atoms with Crippen LogP contribution in [-0.4, -0.2) is 4.57 Å². The van der Waals surface area contributed by atoms with Gasteiger partial charge in [0.2, 0.25) is 0 Å². The van der Waals surface area contributed by atoms with Gasteiger partial charge in [-0.2, -0.15) is 0 Å². The van der Waals surface area contributed by atoms with Crippen LogP contribution in [0.2, 0.25) is 0 Å². The summed E-state index contributed by atoms with van der Waals surface area (Å²) in [5.41, 5.74) is 13.6. The largest absolute Gasteiger partial charge is 0.457 e. The fourth-order valence-electron chi connectivity index (χ4n) is 3.32. The molecule has 2 aromatic carbocycles. The molecule has 4 rings (SSSR count). The Morgan fingerprint density at radius 1 is 0.909 bits per heavy atom. The number of para-hydroxylation sites is 2. The molecule has 0 aliphatic rings. The van der Waals surface area contributed by atoms with Crippen molar-refractivity contribution in [2.75, 3.05) is 5.73 Å². The van der Waals surface area contributed by atoms with Crippen LogP contribution in [0.3, 0.4) is 0 Å². The predicted octanol–water partition coefficient (Wildman–Crippen LogP) is 4.88. The number of rotatable bonds is 1. The minimum Gasteiger partial charge on any atom is -0.457 e. The fraction of sp³-hybridized carbons (Fsp3) is 0.158. The monoisotopic (exact) mass is 290 g/mol. The van der Waals surface area contributed by atoms with Crippen molar-refractivity contribution in [3.05, 3.63) is 59.4 Å². The van der Waals surface area contributed by atoms with Gasteiger partial charge in [-0.05, 0) is 44.0 Å². The number of aryl methyl sites for hydroxylation is 3. The molecule has 0 unspecified atom stereocenters. The minimum absolute atomic E-state index is 0.717. The first-order chi connectivity index (χ1) is 10.6. The quantitative estimate of drug-likeness (QED) is 0.542. The molecule has 0 bridgehead atoms. The van der Waals surface area contributed by atoms with E-state index in [9.17, 15) is 0 Å². The predicted molar refractivity (Wildman–Crippen MR) is 91.7 cm³/mol. The molecule has 2 aromatic heterocycles. The maximum atomic E-state index is 6.33. The van der Waals surface area contributed by atoms with E-state index in [-0.39, 0.29) is 0 Å². The topological polar surface area (TPSA) is 44.1 Å². The summed E-state index contributed by atoms with van der Waals surface area (Å²) in [4.78, 5) is 0. The second-order valence-corrected chi connectivity index (χ2v) is 5.84. The van der Waals surface area contributed by atoms with E-state index in [4.69, 9.17) is 10.2 Å². The Labute approximate surface area is 129 Å². The van der Waals surface area contributed by atoms with Crippen molar-refractivity contribution in [1.82, 2.24) is 4.57 Å². The number of furan rings is 1. The van der Waals surface area contributed by atoms with Crippen LogP contribution in [0.15, 0.2) is 46.9 Å². The van der Waals surface area contributed by atoms with Gasteiger partial charge in [0.05, 0.1) is 16.9 Å². The number of benzene rings is 2. The van der Waals surface area contributed by atoms with Gasteiger partial charge in [0.25, 0.3) is 0 Å². The van der Waals surface area contributed by atoms with Crippen LogP contribution in [0.1, 0.15) is 16.9 Å². The zero-order chi connectivity index (χ0) is 15.4. The Kier molecular flexibility index (Phi) is 2.61. The summed E-state index contributed by atoms with van der Waals surface area (Å²) in [6.07, 6.45) is 0. The van der Waals surface area contributed by atoms with Gasteiger partial charge in [-0.25, -0.2) is 0 Å². The molecule has 0 spiro atoms. The highest BCUT2D eigenvalue weighted by molar-refractivity contribution is 6.10. The number of anilines is 1. The molecule has 0 amide bonds. The molecule has 0 saturated carbocycles. The number of hydrogen-bond donors (Lipinski definition) is 1. The lowest BCUT2D eigenvalue weighted by Crippen LogP contribution is -2.01. The molecule has 0 radical (unpaired) electrons. The van der Waals surface area contributed by atoms with Gasteiger partial charge in [-0.1, -0.05) is 30.3 Å². The third kappa shape index (κ3) is 1.56. The highest BCUT2D eigenvalue weighted by Crippen LogP contribution is 2.39. The molecule has 0 atom stereocenters. The first-order valence-electron chi connectivity index (χ1n) is 7.44. The van der Waals surface area contributed by atoms with Gasteiger partial charge in [-0.15, -0.1) is 0 Å². The molecular weight excluding hydrogens is 272 g/mol. The van der Waals surface area contributed by atoms with Crippen molar-refractivity contribution in [1.29, 1.82) is 0 Å². The lowest BCUT2D eigenvalue weighted by molar-refractivity contribution is 0.583. The van der Waals surface area contributed by atoms with Crippen molar-refractivity contribution < 1.29 is 4.42 Å². The zero-order valence-corrected chi connectivity index (χ0v) is 13.0. The summed E-state index contributed by atoms with van der Waals surface area (Å²) in [5.74, 6) is 0.774. The van der Waals surface area contributed by atoms with E-state index in [0.29, 0.717) is 5.69 Å². The molecule has 110 valence electrons. The zero-order valence-electron chi connectivity index (χ0n) is 13.0. The Hall–Kier alpha value is -2.68. The van der Waals surface area contributed by atoms with Gasteiger partial charge in [0.1, 0.15) is 11.3 Å². The number of nitrogens with zero attached hydrogens (tertiary/aromatic N) is 1. The van der Waals surface area contributed by atoms with Crippen molar-refractivity contribution in [2.24, 2.45) is 0 Å². The van der Waals surface area contributed by atoms with E-state index in [1.807, 2.05) is 19.1 Å². The molecule has 0 saturated heterocycles. The van der Waals surface area contributed by atoms with Crippen LogP contribution in [0.25, 0.3) is 27.7 Å². The minimum atomic E-state index is 0.717. The summed E-state index contributed by atoms with van der Waals surface area (Å²) in [5, 5.41) is 1.10. The SMILES string of the molecule is Cc1cccc(C)c1-n1c2ccccc2c2oc(C)c(N)c21. The smallest absolute Gasteiger partial charge is 0.162 e. The average Bonchev–Trinajstić information content (AvgIpc) is 2.96. The maximum Gasteiger partial charge on any atom is 0.162 e. The second-order valence-electron chi connectivity index (χ2n) is 5.84. The molecule has 22 heavy (non-hydrogen) atoms. The molecular formula is C19H18N2O. The van der Waals surface area contributed by atoms with Crippen LogP contribution in [-0.2, 0) is 0 Å². The van der Waals surface area contributed by atoms with E-state index in [1.165, 1.54) is 16.8 Å². The summed E-state index contributed by atoms with van der Waals surface area (Å²) in [7, 11) is 0. The maximum absolute atomic E-state index is 6.33. The summed E-state index contributed by atoms with van der Waals surface area (Å²) in [6, 6.07) is 14.6. The van der Waals surface area contributed by atoms with Crippen LogP contribution < -0.4 is 5.73 Å². The van der Waals surface area contributed by atoms with Gasteiger partial charge >= 0.3 is 0 Å². The summed E-state index contributed by atoms with van der Waals surface area (Å²) >= 11 is 0. The van der Waals surface area contributed by atoms with Gasteiger partial charge in [0.15, 0.2) is 5.58 Å². The third-order valence-corrected chi connectivity index (χ3v) is 4.38. The molecule has 0 aliphatic heterocycles. The average molecular weight is 290 g/mol. The molecule has 0 aliphatic carbocycles. The Morgan fingerprint density at radius 2 is 1.59 bits per heavy atom. The van der Waals surface area contributed by atoms with E-state index < -0.39 is 0 Å². The molecule has 0 fully saturated rings. The second kappa shape index (κ2) is 4.41. The third-order valence-electron chi connectivity index (χ3n) is 4.38. The molecule has 2 N–H and O–H groups in total. The molecule has 3 nitrogen and oxygen atoms in total. The molecule has 4 aromatic rings. The Morgan fingerprint density at radius 3 is 2.32 bits per heavy atom. The van der Waals surface area contributed by atoms with Crippen molar-refractivity contribution in [3.63, 3.8) is 0 Å². The lowest BCUT2D eigenvalue weighted by Gasteiger charge is -2.14. The molecule has 2 heterocycles. The van der Waals surface area contributed by atoms with Gasteiger partial charge in [-0.3, -0.25) is 0 Å². The number of nitrogen functional groups attached to an aromatic ring is 1. The van der Waals surface area contributed by atoms with Crippen LogP contribution in [0.4, 0.5) is 5.69 Å². The van der Waals surface area contributed by atoms with Crippen LogP contribution >= 0.6 is 0 Å². The summed E-state index contributed by atoms with van der Waals surface area (Å²) < 4.78 is 8.19. The number of fused-ring (bicyclic) bond motifs is 3. The van der Waals surface area contributed by atoms with Crippen LogP contribution in [0.5, 0.6) is 0 Å². The molecule has 3 heteroatoms. The Balaban J connectivity index is 2.29. The number of hydrogen-bond acceptors (Lipinski definition) is 2. The van der Waals surface area contributed by atoms with Crippen molar-refractivity contribution in [2.45, 2.75) is 20.8 Å².